The Balaban J connectivity index is 1.62. The number of ether oxygens (including phenoxy) is 1. The van der Waals surface area contributed by atoms with Gasteiger partial charge < -0.3 is 15.4 Å². The smallest absolute Gasteiger partial charge is 0.325 e. The van der Waals surface area contributed by atoms with Crippen LogP contribution in [0.15, 0.2) is 12.1 Å². The van der Waals surface area contributed by atoms with E-state index in [0.29, 0.717) is 4.88 Å². The van der Waals surface area contributed by atoms with Gasteiger partial charge in [0.15, 0.2) is 6.61 Å². The monoisotopic (exact) mass is 338 g/mol. The molecular weight excluding hydrogens is 316 g/mol. The molecule has 7 heteroatoms. The van der Waals surface area contributed by atoms with Crippen molar-refractivity contribution < 1.29 is 19.1 Å². The maximum absolute atomic E-state index is 11.8. The number of carbonyl (C=O) groups excluding carboxylic acids is 3. The SMILES string of the molecule is Cc1ccc(C(=O)NCC(=O)OCC(=O)NC2CCCCC2)s1. The summed E-state index contributed by atoms with van der Waals surface area (Å²) in [4.78, 5) is 36.6. The van der Waals surface area contributed by atoms with Crippen LogP contribution in [0.5, 0.6) is 0 Å². The highest BCUT2D eigenvalue weighted by Gasteiger charge is 2.17. The van der Waals surface area contributed by atoms with Crippen molar-refractivity contribution in [2.45, 2.75) is 45.1 Å². The molecule has 2 N–H and O–H groups in total. The van der Waals surface area contributed by atoms with E-state index in [0.717, 1.165) is 30.6 Å². The molecule has 0 saturated heterocycles. The first-order valence-corrected chi connectivity index (χ1v) is 8.66. The second-order valence-corrected chi connectivity index (χ2v) is 6.94. The van der Waals surface area contributed by atoms with Gasteiger partial charge in [0, 0.05) is 10.9 Å². The molecule has 1 saturated carbocycles. The minimum absolute atomic E-state index is 0.191. The Bertz CT molecular complexity index is 564. The number of nitrogens with one attached hydrogen (secondary N) is 2. The fourth-order valence-electron chi connectivity index (χ4n) is 2.51. The Labute approximate surface area is 139 Å². The van der Waals surface area contributed by atoms with Gasteiger partial charge in [-0.2, -0.15) is 0 Å². The summed E-state index contributed by atoms with van der Waals surface area (Å²) < 4.78 is 4.87. The summed E-state index contributed by atoms with van der Waals surface area (Å²) in [6, 6.07) is 3.74. The Kier molecular flexibility index (Phi) is 6.58. The number of hydrogen-bond donors (Lipinski definition) is 2. The summed E-state index contributed by atoms with van der Waals surface area (Å²) >= 11 is 1.36. The summed E-state index contributed by atoms with van der Waals surface area (Å²) in [5.41, 5.74) is 0. The van der Waals surface area contributed by atoms with Crippen LogP contribution in [0.2, 0.25) is 0 Å². The lowest BCUT2D eigenvalue weighted by atomic mass is 9.95. The van der Waals surface area contributed by atoms with E-state index in [1.54, 1.807) is 6.07 Å². The highest BCUT2D eigenvalue weighted by atomic mass is 32.1. The summed E-state index contributed by atoms with van der Waals surface area (Å²) in [7, 11) is 0. The van der Waals surface area contributed by atoms with Crippen LogP contribution >= 0.6 is 11.3 Å². The molecule has 23 heavy (non-hydrogen) atoms. The highest BCUT2D eigenvalue weighted by molar-refractivity contribution is 7.13. The maximum Gasteiger partial charge on any atom is 0.325 e. The van der Waals surface area contributed by atoms with E-state index in [4.69, 9.17) is 4.74 Å². The zero-order chi connectivity index (χ0) is 16.7. The minimum atomic E-state index is -0.620. The van der Waals surface area contributed by atoms with Crippen molar-refractivity contribution in [3.63, 3.8) is 0 Å². The average molecular weight is 338 g/mol. The van der Waals surface area contributed by atoms with Crippen LogP contribution in [0.3, 0.4) is 0 Å². The third kappa shape index (κ3) is 6.02. The molecule has 0 radical (unpaired) electrons. The summed E-state index contributed by atoms with van der Waals surface area (Å²) in [5, 5.41) is 5.35. The Morgan fingerprint density at radius 3 is 2.61 bits per heavy atom. The first-order valence-electron chi connectivity index (χ1n) is 7.84. The van der Waals surface area contributed by atoms with Gasteiger partial charge in [0.1, 0.15) is 6.54 Å². The number of thiophene rings is 1. The maximum atomic E-state index is 11.8. The lowest BCUT2D eigenvalue weighted by Crippen LogP contribution is -2.39. The Morgan fingerprint density at radius 2 is 1.96 bits per heavy atom. The molecule has 0 unspecified atom stereocenters. The Hall–Kier alpha value is -1.89. The average Bonchev–Trinajstić information content (AvgIpc) is 2.98. The normalized spacial score (nSPS) is 15.0. The molecule has 1 fully saturated rings. The largest absolute Gasteiger partial charge is 0.454 e. The van der Waals surface area contributed by atoms with Crippen molar-refractivity contribution in [2.24, 2.45) is 0 Å². The van der Waals surface area contributed by atoms with Crippen molar-refractivity contribution in [3.05, 3.63) is 21.9 Å². The molecule has 0 aromatic carbocycles. The molecule has 2 rings (SSSR count). The van der Waals surface area contributed by atoms with Gasteiger partial charge in [-0.1, -0.05) is 19.3 Å². The Morgan fingerprint density at radius 1 is 1.22 bits per heavy atom. The van der Waals surface area contributed by atoms with Crippen LogP contribution in [0.1, 0.15) is 46.7 Å². The first kappa shape index (κ1) is 17.5. The van der Waals surface area contributed by atoms with Gasteiger partial charge in [0.2, 0.25) is 0 Å². The lowest BCUT2D eigenvalue weighted by molar-refractivity contribution is -0.147. The zero-order valence-corrected chi connectivity index (χ0v) is 14.0. The first-order chi connectivity index (χ1) is 11.0. The number of amides is 2. The second-order valence-electron chi connectivity index (χ2n) is 5.66. The predicted octanol–water partition coefficient (Wildman–Crippen LogP) is 1.78. The standard InChI is InChI=1S/C16H22N2O4S/c1-11-7-8-13(23-11)16(21)17-9-15(20)22-10-14(19)18-12-5-3-2-4-6-12/h7-8,12H,2-6,9-10H2,1H3,(H,17,21)(H,18,19). The van der Waals surface area contributed by atoms with Crippen molar-refractivity contribution in [3.8, 4) is 0 Å². The molecule has 6 nitrogen and oxygen atoms in total. The molecule has 1 aliphatic carbocycles. The number of aryl methyl sites for hydroxylation is 1. The van der Waals surface area contributed by atoms with Gasteiger partial charge in [0.05, 0.1) is 4.88 Å². The van der Waals surface area contributed by atoms with Gasteiger partial charge in [0.25, 0.3) is 11.8 Å². The fourth-order valence-corrected chi connectivity index (χ4v) is 3.29. The van der Waals surface area contributed by atoms with Gasteiger partial charge in [-0.15, -0.1) is 11.3 Å². The summed E-state index contributed by atoms with van der Waals surface area (Å²) in [6.07, 6.45) is 5.43. The van der Waals surface area contributed by atoms with Crippen molar-refractivity contribution >= 4 is 29.1 Å². The minimum Gasteiger partial charge on any atom is -0.454 e. The molecule has 0 aliphatic heterocycles. The highest BCUT2D eigenvalue weighted by Crippen LogP contribution is 2.17. The molecule has 2 amide bonds. The fraction of sp³-hybridized carbons (Fsp3) is 0.562. The van der Waals surface area contributed by atoms with E-state index in [1.807, 2.05) is 13.0 Å². The topological polar surface area (TPSA) is 84.5 Å². The number of hydrogen-bond acceptors (Lipinski definition) is 5. The molecular formula is C16H22N2O4S. The molecule has 1 heterocycles. The van der Waals surface area contributed by atoms with Crippen molar-refractivity contribution in [1.29, 1.82) is 0 Å². The van der Waals surface area contributed by atoms with Gasteiger partial charge in [-0.25, -0.2) is 0 Å². The zero-order valence-electron chi connectivity index (χ0n) is 13.2. The van der Waals surface area contributed by atoms with E-state index >= 15 is 0 Å². The lowest BCUT2D eigenvalue weighted by Gasteiger charge is -2.22. The molecule has 126 valence electrons. The van der Waals surface area contributed by atoms with E-state index in [2.05, 4.69) is 10.6 Å². The number of rotatable bonds is 6. The van der Waals surface area contributed by atoms with E-state index < -0.39 is 5.97 Å². The van der Waals surface area contributed by atoms with Gasteiger partial charge >= 0.3 is 5.97 Å². The third-order valence-electron chi connectivity index (χ3n) is 3.69. The predicted molar refractivity (Wildman–Crippen MR) is 87.4 cm³/mol. The van der Waals surface area contributed by atoms with Crippen LogP contribution in [0.4, 0.5) is 0 Å². The molecule has 0 bridgehead atoms. The molecule has 1 aromatic rings. The number of carbonyl (C=O) groups is 3. The van der Waals surface area contributed by atoms with E-state index in [-0.39, 0.29) is 31.0 Å². The summed E-state index contributed by atoms with van der Waals surface area (Å²) in [6.45, 7) is 1.36. The van der Waals surface area contributed by atoms with Crippen molar-refractivity contribution in [1.82, 2.24) is 10.6 Å². The molecule has 0 atom stereocenters. The number of esters is 1. The molecule has 0 spiro atoms. The second kappa shape index (κ2) is 8.67. The molecule has 1 aliphatic rings. The third-order valence-corrected chi connectivity index (χ3v) is 4.69. The van der Waals surface area contributed by atoms with Crippen LogP contribution in [-0.2, 0) is 14.3 Å². The van der Waals surface area contributed by atoms with E-state index in [9.17, 15) is 14.4 Å². The van der Waals surface area contributed by atoms with Crippen molar-refractivity contribution in [2.75, 3.05) is 13.2 Å². The molecule has 1 aromatic heterocycles. The van der Waals surface area contributed by atoms with Crippen LogP contribution < -0.4 is 10.6 Å². The summed E-state index contributed by atoms with van der Waals surface area (Å²) in [5.74, 6) is -1.22. The van der Waals surface area contributed by atoms with Crippen LogP contribution in [0, 0.1) is 6.92 Å². The van der Waals surface area contributed by atoms with Gasteiger partial charge in [-0.3, -0.25) is 14.4 Å². The van der Waals surface area contributed by atoms with E-state index in [1.165, 1.54) is 17.8 Å². The van der Waals surface area contributed by atoms with Crippen LogP contribution in [-0.4, -0.2) is 37.0 Å². The van der Waals surface area contributed by atoms with Crippen LogP contribution in [0.25, 0.3) is 0 Å². The van der Waals surface area contributed by atoms with Gasteiger partial charge in [-0.05, 0) is 31.9 Å². The quantitative estimate of drug-likeness (QED) is 0.774.